The first kappa shape index (κ1) is 33.7. The van der Waals surface area contributed by atoms with Crippen LogP contribution in [0.15, 0.2) is 0 Å². The van der Waals surface area contributed by atoms with E-state index < -0.39 is 55.4 Å². The minimum atomic E-state index is -1.58. The Morgan fingerprint density at radius 3 is 1.89 bits per heavy atom. The van der Waals surface area contributed by atoms with Gasteiger partial charge in [-0.25, -0.2) is 0 Å². The van der Waals surface area contributed by atoms with Gasteiger partial charge in [0, 0.05) is 12.8 Å². The molecule has 6 unspecified atom stereocenters. The highest BCUT2D eigenvalue weighted by Crippen LogP contribution is 2.22. The van der Waals surface area contributed by atoms with Gasteiger partial charge in [0.15, 0.2) is 12.4 Å². The Morgan fingerprint density at radius 1 is 0.730 bits per heavy atom. The third kappa shape index (κ3) is 14.4. The van der Waals surface area contributed by atoms with Crippen LogP contribution in [0.1, 0.15) is 104 Å². The van der Waals surface area contributed by atoms with Crippen molar-refractivity contribution in [2.24, 2.45) is 0 Å². The van der Waals surface area contributed by atoms with Gasteiger partial charge in [0.05, 0.1) is 13.2 Å². The van der Waals surface area contributed by atoms with Gasteiger partial charge in [0.25, 0.3) is 0 Å². The second-order valence-electron chi connectivity index (χ2n) is 9.86. The largest absolute Gasteiger partial charge is 0.462 e. The molecule has 1 saturated heterocycles. The van der Waals surface area contributed by atoms with Gasteiger partial charge >= 0.3 is 11.9 Å². The van der Waals surface area contributed by atoms with Crippen molar-refractivity contribution in [2.75, 3.05) is 19.8 Å². The lowest BCUT2D eigenvalue weighted by atomic mass is 9.99. The van der Waals surface area contributed by atoms with Gasteiger partial charge in [-0.3, -0.25) is 9.59 Å². The molecule has 6 atom stereocenters. The molecule has 1 heterocycles. The summed E-state index contributed by atoms with van der Waals surface area (Å²) in [4.78, 5) is 24.2. The van der Waals surface area contributed by atoms with Crippen molar-refractivity contribution in [3.8, 4) is 0 Å². The first-order chi connectivity index (χ1) is 17.8. The van der Waals surface area contributed by atoms with Crippen molar-refractivity contribution in [2.45, 2.75) is 141 Å². The van der Waals surface area contributed by atoms with Crippen LogP contribution in [-0.2, 0) is 28.5 Å². The minimum Gasteiger partial charge on any atom is -0.462 e. The lowest BCUT2D eigenvalue weighted by Crippen LogP contribution is -2.59. The highest BCUT2D eigenvalue weighted by Gasteiger charge is 2.44. The Balaban J connectivity index is 2.40. The number of rotatable bonds is 21. The monoisotopic (exact) mass is 534 g/mol. The standard InChI is InChI=1S/C27H50O10/c1-3-5-6-7-8-9-10-11-12-13-14-16-23(30)36-20(18-34-22(29)15-4-2)19-35-27-26(33)25(32)24(31)21(17-28)37-27/h20-21,24-28,31-33H,3-19H2,1-2H3. The quantitative estimate of drug-likeness (QED) is 0.128. The van der Waals surface area contributed by atoms with E-state index in [1.807, 2.05) is 6.92 Å². The summed E-state index contributed by atoms with van der Waals surface area (Å²) in [6.45, 7) is 2.98. The molecule has 0 aromatic heterocycles. The van der Waals surface area contributed by atoms with E-state index in [-0.39, 0.29) is 26.1 Å². The number of hydrogen-bond acceptors (Lipinski definition) is 10. The number of unbranched alkanes of at least 4 members (excludes halogenated alkanes) is 10. The molecule has 0 radical (unpaired) electrons. The average Bonchev–Trinajstić information content (AvgIpc) is 2.88. The molecule has 0 aromatic carbocycles. The van der Waals surface area contributed by atoms with Crippen LogP contribution in [0.4, 0.5) is 0 Å². The Bertz CT molecular complexity index is 600. The second kappa shape index (κ2) is 20.6. The fraction of sp³-hybridized carbons (Fsp3) is 0.926. The van der Waals surface area contributed by atoms with Crippen LogP contribution in [0.25, 0.3) is 0 Å². The summed E-state index contributed by atoms with van der Waals surface area (Å²) in [6.07, 6.45) is 5.85. The zero-order chi connectivity index (χ0) is 27.5. The maximum atomic E-state index is 12.4. The van der Waals surface area contributed by atoms with Crippen molar-refractivity contribution in [1.29, 1.82) is 0 Å². The molecule has 0 aliphatic carbocycles. The average molecular weight is 535 g/mol. The summed E-state index contributed by atoms with van der Waals surface area (Å²) >= 11 is 0. The van der Waals surface area contributed by atoms with E-state index >= 15 is 0 Å². The van der Waals surface area contributed by atoms with E-state index in [0.717, 1.165) is 19.3 Å². The van der Waals surface area contributed by atoms with Gasteiger partial charge in [-0.05, 0) is 12.8 Å². The lowest BCUT2D eigenvalue weighted by molar-refractivity contribution is -0.305. The predicted octanol–water partition coefficient (Wildman–Crippen LogP) is 2.76. The van der Waals surface area contributed by atoms with Crippen LogP contribution in [0.2, 0.25) is 0 Å². The number of aliphatic hydroxyl groups is 4. The summed E-state index contributed by atoms with van der Waals surface area (Å²) < 4.78 is 21.4. The number of esters is 2. The Hall–Kier alpha value is -1.30. The summed E-state index contributed by atoms with van der Waals surface area (Å²) in [5.74, 6) is -0.869. The van der Waals surface area contributed by atoms with Gasteiger partial charge in [-0.15, -0.1) is 0 Å². The molecular formula is C27H50O10. The molecular weight excluding hydrogens is 484 g/mol. The van der Waals surface area contributed by atoms with Gasteiger partial charge in [-0.2, -0.15) is 0 Å². The maximum absolute atomic E-state index is 12.4. The lowest BCUT2D eigenvalue weighted by Gasteiger charge is -2.39. The highest BCUT2D eigenvalue weighted by atomic mass is 16.7. The topological polar surface area (TPSA) is 152 Å². The molecule has 1 fully saturated rings. The third-order valence-electron chi connectivity index (χ3n) is 6.46. The molecule has 0 bridgehead atoms. The first-order valence-electron chi connectivity index (χ1n) is 14.1. The molecule has 0 spiro atoms. The van der Waals surface area contributed by atoms with Crippen molar-refractivity contribution >= 4 is 11.9 Å². The molecule has 1 aliphatic heterocycles. The van der Waals surface area contributed by atoms with E-state index in [1.165, 1.54) is 44.9 Å². The fourth-order valence-corrected chi connectivity index (χ4v) is 4.16. The van der Waals surface area contributed by atoms with Crippen LogP contribution in [-0.4, -0.2) is 89.0 Å². The molecule has 1 aliphatic rings. The number of hydrogen-bond donors (Lipinski definition) is 4. The van der Waals surface area contributed by atoms with Gasteiger partial charge in [-0.1, -0.05) is 78.1 Å². The van der Waals surface area contributed by atoms with Crippen LogP contribution in [0.3, 0.4) is 0 Å². The maximum Gasteiger partial charge on any atom is 0.306 e. The smallest absolute Gasteiger partial charge is 0.306 e. The van der Waals surface area contributed by atoms with E-state index in [2.05, 4.69) is 6.92 Å². The molecule has 10 nitrogen and oxygen atoms in total. The summed E-state index contributed by atoms with van der Waals surface area (Å²) in [5.41, 5.74) is 0. The predicted molar refractivity (Wildman–Crippen MR) is 137 cm³/mol. The van der Waals surface area contributed by atoms with Crippen molar-refractivity contribution in [1.82, 2.24) is 0 Å². The highest BCUT2D eigenvalue weighted by molar-refractivity contribution is 5.70. The van der Waals surface area contributed by atoms with E-state index in [4.69, 9.17) is 18.9 Å². The molecule has 0 aromatic rings. The molecule has 0 saturated carbocycles. The number of carbonyl (C=O) groups is 2. The molecule has 37 heavy (non-hydrogen) atoms. The zero-order valence-corrected chi connectivity index (χ0v) is 22.7. The number of carbonyl (C=O) groups excluding carboxylic acids is 2. The molecule has 10 heteroatoms. The van der Waals surface area contributed by atoms with Gasteiger partial charge in [0.1, 0.15) is 31.0 Å². The van der Waals surface area contributed by atoms with Crippen molar-refractivity contribution in [3.05, 3.63) is 0 Å². The summed E-state index contributed by atoms with van der Waals surface area (Å²) in [6, 6.07) is 0. The third-order valence-corrected chi connectivity index (χ3v) is 6.46. The Labute approximate surface area is 221 Å². The van der Waals surface area contributed by atoms with E-state index in [9.17, 15) is 30.0 Å². The molecule has 1 rings (SSSR count). The fourth-order valence-electron chi connectivity index (χ4n) is 4.16. The Morgan fingerprint density at radius 2 is 1.32 bits per heavy atom. The molecule has 4 N–H and O–H groups in total. The zero-order valence-electron chi connectivity index (χ0n) is 22.7. The van der Waals surface area contributed by atoms with Crippen LogP contribution < -0.4 is 0 Å². The Kier molecular flexibility index (Phi) is 18.8. The van der Waals surface area contributed by atoms with Crippen LogP contribution >= 0.6 is 0 Å². The SMILES string of the molecule is CCCCCCCCCCCCCC(=O)OC(COC(=O)CCC)COC1OC(CO)C(O)C(O)C1O. The van der Waals surface area contributed by atoms with Crippen LogP contribution in [0.5, 0.6) is 0 Å². The number of aliphatic hydroxyl groups excluding tert-OH is 4. The van der Waals surface area contributed by atoms with Crippen molar-refractivity contribution in [3.63, 3.8) is 0 Å². The summed E-state index contributed by atoms with van der Waals surface area (Å²) in [7, 11) is 0. The van der Waals surface area contributed by atoms with Gasteiger partial charge in [0.2, 0.25) is 0 Å². The summed E-state index contributed by atoms with van der Waals surface area (Å²) in [5, 5.41) is 39.3. The van der Waals surface area contributed by atoms with Gasteiger partial charge < -0.3 is 39.4 Å². The van der Waals surface area contributed by atoms with Crippen molar-refractivity contribution < 1.29 is 49.0 Å². The van der Waals surface area contributed by atoms with E-state index in [1.54, 1.807) is 0 Å². The molecule has 0 amide bonds. The normalized spacial score (nSPS) is 24.5. The van der Waals surface area contributed by atoms with E-state index in [0.29, 0.717) is 12.8 Å². The molecule has 218 valence electrons. The second-order valence-corrected chi connectivity index (χ2v) is 9.86. The minimum absolute atomic E-state index is 0.222. The first-order valence-corrected chi connectivity index (χ1v) is 14.1. The van der Waals surface area contributed by atoms with Crippen LogP contribution in [0, 0.1) is 0 Å². The number of ether oxygens (including phenoxy) is 4.